The van der Waals surface area contributed by atoms with Crippen molar-refractivity contribution in [3.63, 3.8) is 0 Å². The molecular weight excluding hydrogens is 188 g/mol. The molecule has 2 heteroatoms. The third-order valence-corrected chi connectivity index (χ3v) is 3.59. The van der Waals surface area contributed by atoms with Gasteiger partial charge in [0.1, 0.15) is 5.75 Å². The number of ether oxygens (including phenoxy) is 1. The molecule has 2 nitrogen and oxygen atoms in total. The molecule has 0 spiro atoms. The van der Waals surface area contributed by atoms with Crippen molar-refractivity contribution >= 4 is 0 Å². The van der Waals surface area contributed by atoms with E-state index in [2.05, 4.69) is 13.0 Å². The van der Waals surface area contributed by atoms with E-state index in [1.807, 2.05) is 12.1 Å². The molecule has 1 aliphatic heterocycles. The predicted molar refractivity (Wildman–Crippen MR) is 60.1 cm³/mol. The van der Waals surface area contributed by atoms with Crippen LogP contribution in [0.4, 0.5) is 0 Å². The molecular formula is C13H18O2. The first-order valence-corrected chi connectivity index (χ1v) is 5.64. The van der Waals surface area contributed by atoms with Crippen molar-refractivity contribution in [3.8, 4) is 5.75 Å². The van der Waals surface area contributed by atoms with Crippen molar-refractivity contribution in [2.75, 3.05) is 13.2 Å². The average Bonchev–Trinajstić information content (AvgIpc) is 2.30. The number of hydrogen-bond acceptors (Lipinski definition) is 2. The Bertz CT molecular complexity index is 327. The number of aromatic hydroxyl groups is 1. The van der Waals surface area contributed by atoms with E-state index in [0.29, 0.717) is 5.75 Å². The van der Waals surface area contributed by atoms with Gasteiger partial charge in [0.15, 0.2) is 0 Å². The molecule has 0 radical (unpaired) electrons. The molecule has 82 valence electrons. The van der Waals surface area contributed by atoms with Crippen LogP contribution in [0.25, 0.3) is 0 Å². The molecule has 0 unspecified atom stereocenters. The number of hydrogen-bond donors (Lipinski definition) is 1. The average molecular weight is 206 g/mol. The van der Waals surface area contributed by atoms with Crippen molar-refractivity contribution in [1.82, 2.24) is 0 Å². The van der Waals surface area contributed by atoms with Crippen LogP contribution in [0.1, 0.15) is 31.7 Å². The lowest BCUT2D eigenvalue weighted by atomic mass is 9.72. The van der Waals surface area contributed by atoms with Gasteiger partial charge in [-0.1, -0.05) is 19.1 Å². The lowest BCUT2D eigenvalue weighted by molar-refractivity contribution is 0.0485. The Morgan fingerprint density at radius 2 is 2.07 bits per heavy atom. The predicted octanol–water partition coefficient (Wildman–Crippen LogP) is 2.85. The molecule has 1 fully saturated rings. The van der Waals surface area contributed by atoms with Crippen molar-refractivity contribution < 1.29 is 9.84 Å². The van der Waals surface area contributed by atoms with Gasteiger partial charge in [0, 0.05) is 13.2 Å². The van der Waals surface area contributed by atoms with Gasteiger partial charge >= 0.3 is 0 Å². The maximum absolute atomic E-state index is 9.52. The van der Waals surface area contributed by atoms with E-state index >= 15 is 0 Å². The van der Waals surface area contributed by atoms with Crippen molar-refractivity contribution in [3.05, 3.63) is 29.8 Å². The SMILES string of the molecule is CCC1(c2cccc(O)c2)CCOCC1. The second-order valence-electron chi connectivity index (χ2n) is 4.30. The normalized spacial score (nSPS) is 20.1. The van der Waals surface area contributed by atoms with Gasteiger partial charge in [0.2, 0.25) is 0 Å². The van der Waals surface area contributed by atoms with Crippen LogP contribution in [-0.4, -0.2) is 18.3 Å². The molecule has 1 heterocycles. The smallest absolute Gasteiger partial charge is 0.115 e. The fourth-order valence-corrected chi connectivity index (χ4v) is 2.44. The summed E-state index contributed by atoms with van der Waals surface area (Å²) in [6, 6.07) is 7.67. The van der Waals surface area contributed by atoms with Crippen molar-refractivity contribution in [1.29, 1.82) is 0 Å². The van der Waals surface area contributed by atoms with Gasteiger partial charge in [0.05, 0.1) is 0 Å². The summed E-state index contributed by atoms with van der Waals surface area (Å²) in [6.45, 7) is 3.89. The second kappa shape index (κ2) is 4.23. The Morgan fingerprint density at radius 3 is 2.67 bits per heavy atom. The number of rotatable bonds is 2. The van der Waals surface area contributed by atoms with Gasteiger partial charge in [-0.2, -0.15) is 0 Å². The van der Waals surface area contributed by atoms with Gasteiger partial charge in [-0.15, -0.1) is 0 Å². The molecule has 1 N–H and O–H groups in total. The quantitative estimate of drug-likeness (QED) is 0.806. The number of benzene rings is 1. The van der Waals surface area contributed by atoms with Gasteiger partial charge in [-0.3, -0.25) is 0 Å². The minimum atomic E-state index is 0.219. The van der Waals surface area contributed by atoms with Crippen molar-refractivity contribution in [2.24, 2.45) is 0 Å². The summed E-state index contributed by atoms with van der Waals surface area (Å²) in [7, 11) is 0. The summed E-state index contributed by atoms with van der Waals surface area (Å²) in [4.78, 5) is 0. The molecule has 0 saturated carbocycles. The maximum Gasteiger partial charge on any atom is 0.115 e. The number of phenolic OH excluding ortho intramolecular Hbond substituents is 1. The Hall–Kier alpha value is -1.02. The summed E-state index contributed by atoms with van der Waals surface area (Å²) < 4.78 is 5.42. The highest BCUT2D eigenvalue weighted by molar-refractivity contribution is 5.33. The fraction of sp³-hybridized carbons (Fsp3) is 0.538. The minimum Gasteiger partial charge on any atom is -0.508 e. The lowest BCUT2D eigenvalue weighted by Crippen LogP contribution is -2.33. The maximum atomic E-state index is 9.52. The Morgan fingerprint density at radius 1 is 1.33 bits per heavy atom. The first kappa shape index (κ1) is 10.5. The van der Waals surface area contributed by atoms with Gasteiger partial charge in [-0.05, 0) is 42.4 Å². The Labute approximate surface area is 90.9 Å². The van der Waals surface area contributed by atoms with E-state index in [0.717, 1.165) is 32.5 Å². The molecule has 1 saturated heterocycles. The summed E-state index contributed by atoms with van der Waals surface area (Å²) in [6.07, 6.45) is 3.24. The van der Waals surface area contributed by atoms with Gasteiger partial charge < -0.3 is 9.84 Å². The van der Waals surface area contributed by atoms with E-state index < -0.39 is 0 Å². The third-order valence-electron chi connectivity index (χ3n) is 3.59. The topological polar surface area (TPSA) is 29.5 Å². The van der Waals surface area contributed by atoms with Crippen LogP contribution in [0.15, 0.2) is 24.3 Å². The second-order valence-corrected chi connectivity index (χ2v) is 4.30. The molecule has 1 aromatic rings. The van der Waals surface area contributed by atoms with Crippen LogP contribution >= 0.6 is 0 Å². The molecule has 0 aromatic heterocycles. The molecule has 1 aromatic carbocycles. The zero-order valence-corrected chi connectivity index (χ0v) is 9.20. The van der Waals surface area contributed by atoms with Crippen LogP contribution in [0, 0.1) is 0 Å². The van der Waals surface area contributed by atoms with E-state index in [1.54, 1.807) is 6.07 Å². The largest absolute Gasteiger partial charge is 0.508 e. The molecule has 0 aliphatic carbocycles. The van der Waals surface area contributed by atoms with Crippen LogP contribution in [0.2, 0.25) is 0 Å². The highest BCUT2D eigenvalue weighted by atomic mass is 16.5. The zero-order valence-electron chi connectivity index (χ0n) is 9.20. The Kier molecular flexibility index (Phi) is 2.96. The molecule has 0 atom stereocenters. The fourth-order valence-electron chi connectivity index (χ4n) is 2.44. The van der Waals surface area contributed by atoms with Crippen LogP contribution < -0.4 is 0 Å². The first-order valence-electron chi connectivity index (χ1n) is 5.64. The van der Waals surface area contributed by atoms with E-state index in [-0.39, 0.29) is 5.41 Å². The summed E-state index contributed by atoms with van der Waals surface area (Å²) in [5.41, 5.74) is 1.48. The summed E-state index contributed by atoms with van der Waals surface area (Å²) in [5, 5.41) is 9.52. The summed E-state index contributed by atoms with van der Waals surface area (Å²) in [5.74, 6) is 0.367. The third kappa shape index (κ3) is 2.00. The molecule has 1 aliphatic rings. The van der Waals surface area contributed by atoms with Crippen LogP contribution in [0.3, 0.4) is 0 Å². The van der Waals surface area contributed by atoms with E-state index in [9.17, 15) is 5.11 Å². The van der Waals surface area contributed by atoms with Crippen LogP contribution in [0.5, 0.6) is 5.75 Å². The highest BCUT2D eigenvalue weighted by Gasteiger charge is 2.32. The minimum absolute atomic E-state index is 0.219. The van der Waals surface area contributed by atoms with Crippen molar-refractivity contribution in [2.45, 2.75) is 31.6 Å². The monoisotopic (exact) mass is 206 g/mol. The molecule has 2 rings (SSSR count). The van der Waals surface area contributed by atoms with Crippen LogP contribution in [-0.2, 0) is 10.2 Å². The summed E-state index contributed by atoms with van der Waals surface area (Å²) >= 11 is 0. The zero-order chi connectivity index (χ0) is 10.7. The molecule has 15 heavy (non-hydrogen) atoms. The number of phenols is 1. The molecule has 0 bridgehead atoms. The highest BCUT2D eigenvalue weighted by Crippen LogP contribution is 2.38. The first-order chi connectivity index (χ1) is 7.27. The Balaban J connectivity index is 2.32. The standard InChI is InChI=1S/C13H18O2/c1-2-13(6-8-15-9-7-13)11-4-3-5-12(14)10-11/h3-5,10,14H,2,6-9H2,1H3. The molecule has 0 amide bonds. The van der Waals surface area contributed by atoms with E-state index in [1.165, 1.54) is 5.56 Å². The lowest BCUT2D eigenvalue weighted by Gasteiger charge is -2.37. The van der Waals surface area contributed by atoms with Gasteiger partial charge in [0.25, 0.3) is 0 Å². The van der Waals surface area contributed by atoms with Gasteiger partial charge in [-0.25, -0.2) is 0 Å². The van der Waals surface area contributed by atoms with E-state index in [4.69, 9.17) is 4.74 Å².